The maximum Gasteiger partial charge on any atom is 0.335 e. The second kappa shape index (κ2) is 4.13. The van der Waals surface area contributed by atoms with E-state index in [1.165, 1.54) is 7.11 Å². The fraction of sp³-hybridized carbons (Fsp3) is 0.625. The van der Waals surface area contributed by atoms with Gasteiger partial charge in [-0.1, -0.05) is 0 Å². The first-order valence-corrected chi connectivity index (χ1v) is 3.85. The summed E-state index contributed by atoms with van der Waals surface area (Å²) in [5, 5.41) is 0. The van der Waals surface area contributed by atoms with Crippen LogP contribution in [0.4, 0.5) is 0 Å². The van der Waals surface area contributed by atoms with Crippen molar-refractivity contribution in [3.05, 3.63) is 0 Å². The Labute approximate surface area is 75.0 Å². The summed E-state index contributed by atoms with van der Waals surface area (Å²) >= 11 is 0. The summed E-state index contributed by atoms with van der Waals surface area (Å²) in [4.78, 5) is 32.4. The van der Waals surface area contributed by atoms with Gasteiger partial charge < -0.3 is 14.3 Å². The molecular formula is C8H10O5. The van der Waals surface area contributed by atoms with Crippen LogP contribution in [0.15, 0.2) is 0 Å². The topological polar surface area (TPSA) is 69.7 Å². The summed E-state index contributed by atoms with van der Waals surface area (Å²) < 4.78 is 9.31. The molecule has 1 fully saturated rings. The first-order chi connectivity index (χ1) is 6.19. The largest absolute Gasteiger partial charge is 0.467 e. The molecule has 0 unspecified atom stereocenters. The Kier molecular flexibility index (Phi) is 3.13. The van der Waals surface area contributed by atoms with Crippen molar-refractivity contribution in [2.24, 2.45) is 5.92 Å². The van der Waals surface area contributed by atoms with E-state index in [1.54, 1.807) is 0 Å². The van der Waals surface area contributed by atoms with Crippen LogP contribution in [-0.2, 0) is 23.9 Å². The van der Waals surface area contributed by atoms with Crippen LogP contribution >= 0.6 is 0 Å². The van der Waals surface area contributed by atoms with Crippen molar-refractivity contribution in [3.8, 4) is 0 Å². The number of ketones is 1. The van der Waals surface area contributed by atoms with Gasteiger partial charge in [0.15, 0.2) is 11.9 Å². The molecule has 0 amide bonds. The number of methoxy groups -OCH3 is 1. The second-order valence-corrected chi connectivity index (χ2v) is 2.80. The Morgan fingerprint density at radius 1 is 1.69 bits per heavy atom. The van der Waals surface area contributed by atoms with Crippen molar-refractivity contribution in [2.45, 2.75) is 12.5 Å². The molecule has 1 saturated heterocycles. The molecule has 0 aromatic rings. The summed E-state index contributed by atoms with van der Waals surface area (Å²) in [6.45, 7) is -0.121. The summed E-state index contributed by atoms with van der Waals surface area (Å²) in [6, 6.07) is 0. The highest BCUT2D eigenvalue weighted by Crippen LogP contribution is 2.17. The maximum absolute atomic E-state index is 11.0. The minimum atomic E-state index is -0.916. The molecule has 1 heterocycles. The van der Waals surface area contributed by atoms with Crippen LogP contribution in [0.25, 0.3) is 0 Å². The van der Waals surface area contributed by atoms with Crippen molar-refractivity contribution in [3.63, 3.8) is 0 Å². The summed E-state index contributed by atoms with van der Waals surface area (Å²) in [5.41, 5.74) is 0. The molecule has 1 aliphatic rings. The zero-order chi connectivity index (χ0) is 9.84. The monoisotopic (exact) mass is 186 g/mol. The van der Waals surface area contributed by atoms with E-state index in [2.05, 4.69) is 4.74 Å². The molecule has 1 aliphatic heterocycles. The van der Waals surface area contributed by atoms with Crippen LogP contribution in [-0.4, -0.2) is 37.9 Å². The molecule has 5 nitrogen and oxygen atoms in total. The Morgan fingerprint density at radius 3 is 2.92 bits per heavy atom. The summed E-state index contributed by atoms with van der Waals surface area (Å²) in [6.07, 6.45) is -0.303. The maximum atomic E-state index is 11.0. The number of carbonyl (C=O) groups is 3. The molecule has 1 rings (SSSR count). The van der Waals surface area contributed by atoms with Gasteiger partial charge in [0.1, 0.15) is 12.9 Å². The lowest BCUT2D eigenvalue weighted by Gasteiger charge is -2.24. The predicted octanol–water partition coefficient (Wildman–Crippen LogP) is -0.668. The first-order valence-electron chi connectivity index (χ1n) is 3.85. The third kappa shape index (κ3) is 2.12. The predicted molar refractivity (Wildman–Crippen MR) is 40.9 cm³/mol. The summed E-state index contributed by atoms with van der Waals surface area (Å²) in [5.74, 6) is -1.48. The summed E-state index contributed by atoms with van der Waals surface area (Å²) in [7, 11) is 1.21. The Bertz CT molecular complexity index is 235. The number of esters is 1. The van der Waals surface area contributed by atoms with Crippen molar-refractivity contribution >= 4 is 18.0 Å². The number of aldehydes is 1. The van der Waals surface area contributed by atoms with E-state index in [0.717, 1.165) is 0 Å². The molecule has 0 saturated carbocycles. The van der Waals surface area contributed by atoms with Crippen LogP contribution < -0.4 is 0 Å². The number of Topliss-reactive ketones (excluding diaryl/α,β-unsaturated/α-hetero) is 1. The van der Waals surface area contributed by atoms with E-state index in [1.807, 2.05) is 0 Å². The Balaban J connectivity index is 2.67. The number of hydrogen-bond donors (Lipinski definition) is 0. The third-order valence-corrected chi connectivity index (χ3v) is 1.88. The minimum absolute atomic E-state index is 0.0588. The van der Waals surface area contributed by atoms with E-state index >= 15 is 0 Å². The van der Waals surface area contributed by atoms with E-state index in [-0.39, 0.29) is 18.8 Å². The molecule has 0 aromatic carbocycles. The van der Waals surface area contributed by atoms with Crippen LogP contribution in [0, 0.1) is 5.92 Å². The Morgan fingerprint density at radius 2 is 2.38 bits per heavy atom. The van der Waals surface area contributed by atoms with Gasteiger partial charge in [0.05, 0.1) is 13.0 Å². The zero-order valence-corrected chi connectivity index (χ0v) is 7.19. The molecule has 0 N–H and O–H groups in total. The first kappa shape index (κ1) is 9.85. The zero-order valence-electron chi connectivity index (χ0n) is 7.19. The fourth-order valence-electron chi connectivity index (χ4n) is 1.21. The number of ether oxygens (including phenoxy) is 2. The SMILES string of the molecule is COC(=O)[C@H]1OCC(=O)C[C@@H]1C=O. The second-order valence-electron chi connectivity index (χ2n) is 2.80. The minimum Gasteiger partial charge on any atom is -0.467 e. The van der Waals surface area contributed by atoms with Gasteiger partial charge in [-0.25, -0.2) is 4.79 Å². The van der Waals surface area contributed by atoms with Crippen LogP contribution in [0.2, 0.25) is 0 Å². The van der Waals surface area contributed by atoms with E-state index < -0.39 is 18.0 Å². The number of carbonyl (C=O) groups excluding carboxylic acids is 3. The molecule has 0 spiro atoms. The lowest BCUT2D eigenvalue weighted by atomic mass is 9.95. The Hall–Kier alpha value is -1.23. The molecule has 0 aliphatic carbocycles. The standard InChI is InChI=1S/C8H10O5/c1-12-8(11)7-5(3-9)2-6(10)4-13-7/h3,5,7H,2,4H2,1H3/t5-,7+/m1/s1. The highest BCUT2D eigenvalue weighted by Gasteiger charge is 2.35. The molecule has 2 atom stereocenters. The van der Waals surface area contributed by atoms with Gasteiger partial charge >= 0.3 is 5.97 Å². The van der Waals surface area contributed by atoms with Gasteiger partial charge in [0, 0.05) is 6.42 Å². The van der Waals surface area contributed by atoms with Crippen molar-refractivity contribution in [2.75, 3.05) is 13.7 Å². The smallest absolute Gasteiger partial charge is 0.335 e. The van der Waals surface area contributed by atoms with Crippen molar-refractivity contribution in [1.29, 1.82) is 0 Å². The number of hydrogen-bond acceptors (Lipinski definition) is 5. The van der Waals surface area contributed by atoms with Gasteiger partial charge in [-0.15, -0.1) is 0 Å². The molecule has 0 radical (unpaired) electrons. The molecular weight excluding hydrogens is 176 g/mol. The quantitative estimate of drug-likeness (QED) is 0.422. The molecule has 72 valence electrons. The average molecular weight is 186 g/mol. The van der Waals surface area contributed by atoms with Crippen molar-refractivity contribution < 1.29 is 23.9 Å². The van der Waals surface area contributed by atoms with Crippen molar-refractivity contribution in [1.82, 2.24) is 0 Å². The highest BCUT2D eigenvalue weighted by molar-refractivity contribution is 5.88. The van der Waals surface area contributed by atoms with Gasteiger partial charge in [-0.3, -0.25) is 4.79 Å². The van der Waals surface area contributed by atoms with E-state index in [9.17, 15) is 14.4 Å². The van der Waals surface area contributed by atoms with Gasteiger partial charge in [0.2, 0.25) is 0 Å². The third-order valence-electron chi connectivity index (χ3n) is 1.88. The molecule has 13 heavy (non-hydrogen) atoms. The van der Waals surface area contributed by atoms with E-state index in [0.29, 0.717) is 6.29 Å². The van der Waals surface area contributed by atoms with Gasteiger partial charge in [0.25, 0.3) is 0 Å². The van der Waals surface area contributed by atoms with Gasteiger partial charge in [-0.2, -0.15) is 0 Å². The normalized spacial score (nSPS) is 28.2. The molecule has 5 heteroatoms. The molecule has 0 aromatic heterocycles. The lowest BCUT2D eigenvalue weighted by molar-refractivity contribution is -0.165. The van der Waals surface area contributed by atoms with Crippen LogP contribution in [0.1, 0.15) is 6.42 Å². The average Bonchev–Trinajstić information content (AvgIpc) is 2.16. The fourth-order valence-corrected chi connectivity index (χ4v) is 1.21. The molecule has 0 bridgehead atoms. The van der Waals surface area contributed by atoms with Gasteiger partial charge in [-0.05, 0) is 0 Å². The number of rotatable bonds is 2. The highest BCUT2D eigenvalue weighted by atomic mass is 16.6. The van der Waals surface area contributed by atoms with Crippen LogP contribution in [0.3, 0.4) is 0 Å². The lowest BCUT2D eigenvalue weighted by Crippen LogP contribution is -2.41. The van der Waals surface area contributed by atoms with E-state index in [4.69, 9.17) is 4.74 Å². The van der Waals surface area contributed by atoms with Crippen LogP contribution in [0.5, 0.6) is 0 Å².